The highest BCUT2D eigenvalue weighted by atomic mass is 32.2. The second-order valence-corrected chi connectivity index (χ2v) is 9.87. The van der Waals surface area contributed by atoms with E-state index in [4.69, 9.17) is 5.11 Å². The van der Waals surface area contributed by atoms with Crippen LogP contribution in [-0.2, 0) is 0 Å². The molecule has 0 rings (SSSR count). The standard InChI is InChI=1S/C12H25NO2S5/c1-2-5-17-10-19-11-18-6-3-13-12(15)20-9-8-16-7-4-14/h14H,2-11H2,1H3,(H,13,15). The van der Waals surface area contributed by atoms with Crippen molar-refractivity contribution in [3.05, 3.63) is 0 Å². The average Bonchev–Trinajstić information content (AvgIpc) is 2.45. The number of aliphatic hydroxyl groups excluding tert-OH is 1. The van der Waals surface area contributed by atoms with E-state index >= 15 is 0 Å². The number of nitrogens with one attached hydrogen (secondary N) is 1. The molecule has 0 saturated carbocycles. The summed E-state index contributed by atoms with van der Waals surface area (Å²) in [6.07, 6.45) is 1.25. The Bertz CT molecular complexity index is 222. The Morgan fingerprint density at radius 2 is 1.70 bits per heavy atom. The van der Waals surface area contributed by atoms with Crippen LogP contribution in [0.1, 0.15) is 13.3 Å². The summed E-state index contributed by atoms with van der Waals surface area (Å²) in [6, 6.07) is 0. The van der Waals surface area contributed by atoms with Crippen LogP contribution in [0.5, 0.6) is 0 Å². The Labute approximate surface area is 144 Å². The lowest BCUT2D eigenvalue weighted by atomic mass is 10.6. The molecule has 0 saturated heterocycles. The number of hydrogen-bond donors (Lipinski definition) is 2. The van der Waals surface area contributed by atoms with Crippen LogP contribution in [0.2, 0.25) is 0 Å². The molecule has 0 atom stereocenters. The van der Waals surface area contributed by atoms with Gasteiger partial charge in [-0.3, -0.25) is 4.79 Å². The highest BCUT2D eigenvalue weighted by Crippen LogP contribution is 2.17. The molecule has 8 heteroatoms. The van der Waals surface area contributed by atoms with Gasteiger partial charge in [-0.15, -0.1) is 23.5 Å². The molecule has 0 aromatic carbocycles. The first-order valence-electron chi connectivity index (χ1n) is 6.63. The fourth-order valence-electron chi connectivity index (χ4n) is 1.05. The van der Waals surface area contributed by atoms with Crippen molar-refractivity contribution in [1.29, 1.82) is 0 Å². The molecule has 0 spiro atoms. The third kappa shape index (κ3) is 17.2. The lowest BCUT2D eigenvalue weighted by Crippen LogP contribution is -2.22. The third-order valence-corrected chi connectivity index (χ3v) is 7.79. The van der Waals surface area contributed by atoms with Crippen LogP contribution in [0.4, 0.5) is 4.79 Å². The van der Waals surface area contributed by atoms with Crippen LogP contribution in [0.15, 0.2) is 0 Å². The van der Waals surface area contributed by atoms with E-state index in [1.807, 2.05) is 35.3 Å². The van der Waals surface area contributed by atoms with Crippen molar-refractivity contribution in [3.63, 3.8) is 0 Å². The summed E-state index contributed by atoms with van der Waals surface area (Å²) in [5.41, 5.74) is 0. The largest absolute Gasteiger partial charge is 0.396 e. The number of thioether (sulfide) groups is 5. The summed E-state index contributed by atoms with van der Waals surface area (Å²) in [5, 5.41) is 13.9. The molecule has 0 aromatic rings. The maximum Gasteiger partial charge on any atom is 0.279 e. The second kappa shape index (κ2) is 18.2. The van der Waals surface area contributed by atoms with Crippen molar-refractivity contribution in [2.75, 3.05) is 52.1 Å². The Kier molecular flexibility index (Phi) is 19.3. The van der Waals surface area contributed by atoms with Crippen molar-refractivity contribution < 1.29 is 9.90 Å². The first-order valence-corrected chi connectivity index (χ1v) is 12.2. The summed E-state index contributed by atoms with van der Waals surface area (Å²) in [5.74, 6) is 4.72. The molecule has 120 valence electrons. The predicted octanol–water partition coefficient (Wildman–Crippen LogP) is 3.68. The molecule has 20 heavy (non-hydrogen) atoms. The normalized spacial score (nSPS) is 10.7. The predicted molar refractivity (Wildman–Crippen MR) is 103 cm³/mol. The summed E-state index contributed by atoms with van der Waals surface area (Å²) in [6.45, 7) is 3.18. The van der Waals surface area contributed by atoms with E-state index in [0.29, 0.717) is 0 Å². The van der Waals surface area contributed by atoms with Gasteiger partial charge in [0.05, 0.1) is 6.61 Å². The number of aliphatic hydroxyl groups is 1. The topological polar surface area (TPSA) is 49.3 Å². The van der Waals surface area contributed by atoms with Gasteiger partial charge in [-0.05, 0) is 12.2 Å². The van der Waals surface area contributed by atoms with Crippen LogP contribution < -0.4 is 5.32 Å². The van der Waals surface area contributed by atoms with Crippen molar-refractivity contribution in [2.24, 2.45) is 0 Å². The number of hydrogen-bond acceptors (Lipinski definition) is 7. The van der Waals surface area contributed by atoms with Gasteiger partial charge in [-0.25, -0.2) is 0 Å². The second-order valence-electron chi connectivity index (χ2n) is 3.65. The molecule has 0 aromatic heterocycles. The van der Waals surface area contributed by atoms with E-state index < -0.39 is 0 Å². The molecular weight excluding hydrogens is 350 g/mol. The molecule has 2 N–H and O–H groups in total. The van der Waals surface area contributed by atoms with Gasteiger partial charge >= 0.3 is 0 Å². The summed E-state index contributed by atoms with van der Waals surface area (Å²) in [7, 11) is 0. The van der Waals surface area contributed by atoms with E-state index in [2.05, 4.69) is 12.2 Å². The number of carbonyl (C=O) groups is 1. The number of rotatable bonds is 14. The quantitative estimate of drug-likeness (QED) is 0.355. The van der Waals surface area contributed by atoms with E-state index in [9.17, 15) is 4.79 Å². The van der Waals surface area contributed by atoms with Gasteiger partial charge in [-0.1, -0.05) is 18.7 Å². The summed E-state index contributed by atoms with van der Waals surface area (Å²) in [4.78, 5) is 11.5. The van der Waals surface area contributed by atoms with Gasteiger partial charge in [0, 0.05) is 39.7 Å². The van der Waals surface area contributed by atoms with E-state index in [1.165, 1.54) is 29.0 Å². The lowest BCUT2D eigenvalue weighted by Gasteiger charge is -2.05. The molecule has 0 aliphatic carbocycles. The van der Waals surface area contributed by atoms with Gasteiger partial charge < -0.3 is 10.4 Å². The monoisotopic (exact) mass is 375 g/mol. The molecule has 0 aliphatic rings. The van der Waals surface area contributed by atoms with E-state index in [1.54, 1.807) is 11.8 Å². The van der Waals surface area contributed by atoms with Crippen LogP contribution in [-0.4, -0.2) is 62.4 Å². The zero-order valence-electron chi connectivity index (χ0n) is 12.0. The molecule has 1 amide bonds. The van der Waals surface area contributed by atoms with Crippen molar-refractivity contribution in [1.82, 2.24) is 5.32 Å². The van der Waals surface area contributed by atoms with Gasteiger partial charge in [-0.2, -0.15) is 23.5 Å². The molecule has 0 radical (unpaired) electrons. The van der Waals surface area contributed by atoms with E-state index in [0.717, 1.165) is 34.6 Å². The van der Waals surface area contributed by atoms with Gasteiger partial charge in [0.1, 0.15) is 0 Å². The average molecular weight is 376 g/mol. The smallest absolute Gasteiger partial charge is 0.279 e. The van der Waals surface area contributed by atoms with E-state index in [-0.39, 0.29) is 11.8 Å². The molecule has 0 aliphatic heterocycles. The minimum absolute atomic E-state index is 0.0707. The van der Waals surface area contributed by atoms with Crippen molar-refractivity contribution >= 4 is 64.0 Å². The zero-order valence-corrected chi connectivity index (χ0v) is 16.1. The molecule has 0 heterocycles. The fourth-order valence-corrected chi connectivity index (χ4v) is 5.88. The Morgan fingerprint density at radius 3 is 2.40 bits per heavy atom. The Morgan fingerprint density at radius 1 is 0.950 bits per heavy atom. The highest BCUT2D eigenvalue weighted by Gasteiger charge is 2.01. The minimum Gasteiger partial charge on any atom is -0.396 e. The third-order valence-electron chi connectivity index (χ3n) is 1.89. The molecule has 0 unspecified atom stereocenters. The SMILES string of the molecule is CCCSCSCSCCNC(=O)SCCSCCO. The fraction of sp³-hybridized carbons (Fsp3) is 0.917. The molecule has 0 bridgehead atoms. The maximum atomic E-state index is 11.5. The van der Waals surface area contributed by atoms with Crippen LogP contribution in [0.3, 0.4) is 0 Å². The van der Waals surface area contributed by atoms with Gasteiger partial charge in [0.2, 0.25) is 0 Å². The summed E-state index contributed by atoms with van der Waals surface area (Å²) >= 11 is 8.85. The van der Waals surface area contributed by atoms with Crippen LogP contribution in [0.25, 0.3) is 0 Å². The maximum absolute atomic E-state index is 11.5. The number of carbonyl (C=O) groups excluding carboxylic acids is 1. The highest BCUT2D eigenvalue weighted by molar-refractivity contribution is 8.22. The first kappa shape index (κ1) is 21.2. The zero-order chi connectivity index (χ0) is 14.9. The lowest BCUT2D eigenvalue weighted by molar-refractivity contribution is 0.261. The van der Waals surface area contributed by atoms with Crippen LogP contribution in [0, 0.1) is 0 Å². The summed E-state index contributed by atoms with van der Waals surface area (Å²) < 4.78 is 0. The Hall–Kier alpha value is 1.18. The number of amides is 1. The van der Waals surface area contributed by atoms with Crippen LogP contribution >= 0.6 is 58.8 Å². The Balaban J connectivity index is 3.11. The molecule has 0 fully saturated rings. The molecule has 3 nitrogen and oxygen atoms in total. The first-order chi connectivity index (χ1) is 9.81. The minimum atomic E-state index is 0.0707. The van der Waals surface area contributed by atoms with Gasteiger partial charge in [0.15, 0.2) is 0 Å². The van der Waals surface area contributed by atoms with Gasteiger partial charge in [0.25, 0.3) is 5.24 Å². The molecular formula is C12H25NO2S5. The van der Waals surface area contributed by atoms with Crippen molar-refractivity contribution in [3.8, 4) is 0 Å². The van der Waals surface area contributed by atoms with Crippen molar-refractivity contribution in [2.45, 2.75) is 13.3 Å².